The van der Waals surface area contributed by atoms with Crippen LogP contribution in [0.15, 0.2) is 64.8 Å². The van der Waals surface area contributed by atoms with Crippen molar-refractivity contribution in [2.45, 2.75) is 6.54 Å². The lowest BCUT2D eigenvalue weighted by Gasteiger charge is -1.99. The van der Waals surface area contributed by atoms with Gasteiger partial charge in [0.2, 0.25) is 6.41 Å². The second kappa shape index (κ2) is 6.30. The summed E-state index contributed by atoms with van der Waals surface area (Å²) in [7, 11) is 0. The van der Waals surface area contributed by atoms with Crippen LogP contribution in [0, 0.1) is 0 Å². The summed E-state index contributed by atoms with van der Waals surface area (Å²) in [5.74, 6) is 0. The van der Waals surface area contributed by atoms with Crippen LogP contribution < -0.4 is 5.32 Å². The maximum absolute atomic E-state index is 10.2. The molecule has 0 aliphatic carbocycles. The lowest BCUT2D eigenvalue weighted by Crippen LogP contribution is -2.09. The molecular formula is C14H13N3O. The Morgan fingerprint density at radius 3 is 2.11 bits per heavy atom. The molecule has 2 aromatic rings. The largest absolute Gasteiger partial charge is 0.355 e. The summed E-state index contributed by atoms with van der Waals surface area (Å²) in [6.45, 7) is 0.527. The molecule has 0 bridgehead atoms. The first-order chi connectivity index (χ1) is 8.88. The first-order valence-corrected chi connectivity index (χ1v) is 5.61. The molecule has 0 spiro atoms. The summed E-state index contributed by atoms with van der Waals surface area (Å²) in [6, 6.07) is 17.1. The molecule has 0 saturated carbocycles. The Labute approximate surface area is 105 Å². The number of rotatable bonds is 5. The normalized spacial score (nSPS) is 10.4. The Balaban J connectivity index is 2.02. The Morgan fingerprint density at radius 1 is 0.889 bits per heavy atom. The smallest absolute Gasteiger partial charge is 0.207 e. The summed E-state index contributed by atoms with van der Waals surface area (Å²) in [5, 5.41) is 10.9. The summed E-state index contributed by atoms with van der Waals surface area (Å²) in [6.07, 6.45) is 0.684. The van der Waals surface area contributed by atoms with E-state index in [1.165, 1.54) is 0 Å². The molecule has 0 aromatic heterocycles. The van der Waals surface area contributed by atoms with E-state index in [1.54, 1.807) is 0 Å². The zero-order valence-corrected chi connectivity index (χ0v) is 9.78. The second-order valence-electron chi connectivity index (χ2n) is 3.70. The number of nitrogens with zero attached hydrogens (tertiary/aromatic N) is 2. The van der Waals surface area contributed by atoms with Crippen LogP contribution in [-0.2, 0) is 11.3 Å². The first-order valence-electron chi connectivity index (χ1n) is 5.61. The van der Waals surface area contributed by atoms with E-state index >= 15 is 0 Å². The summed E-state index contributed by atoms with van der Waals surface area (Å²) in [5.41, 5.74) is 2.64. The van der Waals surface area contributed by atoms with Crippen LogP contribution in [0.2, 0.25) is 0 Å². The van der Waals surface area contributed by atoms with Crippen LogP contribution in [0.3, 0.4) is 0 Å². The Hall–Kier alpha value is -2.49. The van der Waals surface area contributed by atoms with Gasteiger partial charge in [0.05, 0.1) is 11.4 Å². The van der Waals surface area contributed by atoms with Gasteiger partial charge >= 0.3 is 0 Å². The molecule has 4 nitrogen and oxygen atoms in total. The van der Waals surface area contributed by atoms with E-state index in [9.17, 15) is 4.79 Å². The third-order valence-corrected chi connectivity index (χ3v) is 2.36. The van der Waals surface area contributed by atoms with Gasteiger partial charge in [-0.25, -0.2) is 0 Å². The zero-order valence-electron chi connectivity index (χ0n) is 9.78. The van der Waals surface area contributed by atoms with Crippen molar-refractivity contribution in [1.82, 2.24) is 5.32 Å². The van der Waals surface area contributed by atoms with Gasteiger partial charge in [0.1, 0.15) is 0 Å². The number of carbonyl (C=O) groups is 1. The van der Waals surface area contributed by atoms with E-state index < -0.39 is 0 Å². The lowest BCUT2D eigenvalue weighted by molar-refractivity contribution is -0.109. The van der Waals surface area contributed by atoms with E-state index in [2.05, 4.69) is 15.5 Å². The molecule has 0 saturated heterocycles. The number of azo groups is 1. The third kappa shape index (κ3) is 3.52. The molecule has 0 aliphatic rings. The molecule has 0 atom stereocenters. The fourth-order valence-electron chi connectivity index (χ4n) is 1.45. The predicted molar refractivity (Wildman–Crippen MR) is 70.0 cm³/mol. The van der Waals surface area contributed by atoms with Crippen LogP contribution >= 0.6 is 0 Å². The van der Waals surface area contributed by atoms with Crippen LogP contribution in [0.1, 0.15) is 5.56 Å². The number of amides is 1. The van der Waals surface area contributed by atoms with Gasteiger partial charge in [-0.1, -0.05) is 30.3 Å². The van der Waals surface area contributed by atoms with Crippen molar-refractivity contribution < 1.29 is 4.79 Å². The topological polar surface area (TPSA) is 53.8 Å². The van der Waals surface area contributed by atoms with E-state index in [0.717, 1.165) is 16.9 Å². The molecule has 0 radical (unpaired) electrons. The molecule has 0 heterocycles. The summed E-state index contributed by atoms with van der Waals surface area (Å²) < 4.78 is 0. The third-order valence-electron chi connectivity index (χ3n) is 2.36. The molecule has 2 rings (SSSR count). The number of hydrogen-bond donors (Lipinski definition) is 1. The predicted octanol–water partition coefficient (Wildman–Crippen LogP) is 3.35. The van der Waals surface area contributed by atoms with Crippen LogP contribution in [-0.4, -0.2) is 6.41 Å². The molecule has 0 aliphatic heterocycles. The maximum Gasteiger partial charge on any atom is 0.207 e. The molecule has 18 heavy (non-hydrogen) atoms. The highest BCUT2D eigenvalue weighted by Gasteiger charge is 1.93. The minimum atomic E-state index is 0.527. The van der Waals surface area contributed by atoms with E-state index in [0.29, 0.717) is 13.0 Å². The zero-order chi connectivity index (χ0) is 12.6. The highest BCUT2D eigenvalue weighted by atomic mass is 16.1. The number of carbonyl (C=O) groups excluding carboxylic acids is 1. The van der Waals surface area contributed by atoms with Gasteiger partial charge in [-0.05, 0) is 29.8 Å². The monoisotopic (exact) mass is 239 g/mol. The van der Waals surface area contributed by atoms with Gasteiger partial charge in [-0.15, -0.1) is 0 Å². The van der Waals surface area contributed by atoms with Crippen molar-refractivity contribution >= 4 is 17.8 Å². The average Bonchev–Trinajstić information content (AvgIpc) is 2.45. The van der Waals surface area contributed by atoms with Gasteiger partial charge in [0.15, 0.2) is 0 Å². The van der Waals surface area contributed by atoms with Crippen molar-refractivity contribution in [2.24, 2.45) is 10.2 Å². The van der Waals surface area contributed by atoms with Gasteiger partial charge in [0, 0.05) is 6.54 Å². The van der Waals surface area contributed by atoms with Gasteiger partial charge in [-0.2, -0.15) is 10.2 Å². The fraction of sp³-hybridized carbons (Fsp3) is 0.0714. The molecule has 90 valence electrons. The Morgan fingerprint density at radius 2 is 1.50 bits per heavy atom. The van der Waals surface area contributed by atoms with Crippen LogP contribution in [0.5, 0.6) is 0 Å². The second-order valence-corrected chi connectivity index (χ2v) is 3.70. The Kier molecular flexibility index (Phi) is 4.19. The minimum absolute atomic E-state index is 0.527. The van der Waals surface area contributed by atoms with E-state index in [-0.39, 0.29) is 0 Å². The highest BCUT2D eigenvalue weighted by Crippen LogP contribution is 2.18. The molecule has 0 unspecified atom stereocenters. The van der Waals surface area contributed by atoms with Crippen molar-refractivity contribution in [2.75, 3.05) is 0 Å². The number of hydrogen-bond acceptors (Lipinski definition) is 3. The summed E-state index contributed by atoms with van der Waals surface area (Å²) in [4.78, 5) is 10.2. The van der Waals surface area contributed by atoms with E-state index in [1.807, 2.05) is 54.6 Å². The first kappa shape index (κ1) is 12.0. The standard InChI is InChI=1S/C14H13N3O/c18-11-15-10-12-6-8-14(9-7-12)17-16-13-4-2-1-3-5-13/h1-9,11H,10H2,(H,15,18). The Bertz CT molecular complexity index is 520. The van der Waals surface area contributed by atoms with Gasteiger partial charge in [-0.3, -0.25) is 4.79 Å². The number of benzene rings is 2. The fourth-order valence-corrected chi connectivity index (χ4v) is 1.45. The minimum Gasteiger partial charge on any atom is -0.355 e. The lowest BCUT2D eigenvalue weighted by atomic mass is 10.2. The van der Waals surface area contributed by atoms with Crippen molar-refractivity contribution in [3.63, 3.8) is 0 Å². The molecule has 2 aromatic carbocycles. The highest BCUT2D eigenvalue weighted by molar-refractivity contribution is 5.47. The maximum atomic E-state index is 10.2. The van der Waals surface area contributed by atoms with Crippen LogP contribution in [0.25, 0.3) is 0 Å². The number of nitrogens with one attached hydrogen (secondary N) is 1. The summed E-state index contributed by atoms with van der Waals surface area (Å²) >= 11 is 0. The van der Waals surface area contributed by atoms with Crippen molar-refractivity contribution in [3.05, 3.63) is 60.2 Å². The molecule has 1 amide bonds. The van der Waals surface area contributed by atoms with Crippen molar-refractivity contribution in [3.8, 4) is 0 Å². The molecule has 1 N–H and O–H groups in total. The average molecular weight is 239 g/mol. The quantitative estimate of drug-likeness (QED) is 0.631. The van der Waals surface area contributed by atoms with Gasteiger partial charge in [0.25, 0.3) is 0 Å². The van der Waals surface area contributed by atoms with E-state index in [4.69, 9.17) is 0 Å². The SMILES string of the molecule is O=CNCc1ccc(N=Nc2ccccc2)cc1. The van der Waals surface area contributed by atoms with Crippen molar-refractivity contribution in [1.29, 1.82) is 0 Å². The van der Waals surface area contributed by atoms with Crippen LogP contribution in [0.4, 0.5) is 11.4 Å². The molecular weight excluding hydrogens is 226 g/mol. The molecule has 0 fully saturated rings. The molecule has 4 heteroatoms. The van der Waals surface area contributed by atoms with Gasteiger partial charge < -0.3 is 5.32 Å².